The van der Waals surface area contributed by atoms with Crippen LogP contribution in [0.5, 0.6) is 0 Å². The number of hydrazine groups is 1. The number of amides is 1. The molecule has 0 unspecified atom stereocenters. The zero-order chi connectivity index (χ0) is 7.40. The molecular formula is C6H11N2O2. The van der Waals surface area contributed by atoms with Crippen molar-refractivity contribution in [1.82, 2.24) is 10.4 Å². The molecule has 4 heteroatoms. The normalized spacial score (nSPS) is 20.5. The Labute approximate surface area is 60.1 Å². The van der Waals surface area contributed by atoms with Crippen LogP contribution in [-0.2, 0) is 9.53 Å². The second kappa shape index (κ2) is 3.53. The zero-order valence-electron chi connectivity index (χ0n) is 5.80. The Morgan fingerprint density at radius 3 is 2.60 bits per heavy atom. The molecule has 1 amide bonds. The Bertz CT molecular complexity index is 121. The summed E-state index contributed by atoms with van der Waals surface area (Å²) in [5.74, 6) is -0.262. The van der Waals surface area contributed by atoms with Gasteiger partial charge in [0.2, 0.25) is 5.91 Å². The van der Waals surface area contributed by atoms with E-state index < -0.39 is 0 Å². The lowest BCUT2D eigenvalue weighted by Gasteiger charge is -2.26. The van der Waals surface area contributed by atoms with Gasteiger partial charge < -0.3 is 4.74 Å². The Hall–Kier alpha value is -0.610. The van der Waals surface area contributed by atoms with Crippen LogP contribution < -0.4 is 5.43 Å². The number of nitrogens with zero attached hydrogens (tertiary/aromatic N) is 1. The van der Waals surface area contributed by atoms with E-state index in [0.29, 0.717) is 13.2 Å². The summed E-state index contributed by atoms with van der Waals surface area (Å²) in [5.41, 5.74) is 2.58. The van der Waals surface area contributed by atoms with Gasteiger partial charge >= 0.3 is 0 Å². The molecule has 1 fully saturated rings. The van der Waals surface area contributed by atoms with E-state index in [1.54, 1.807) is 5.01 Å². The zero-order valence-corrected chi connectivity index (χ0v) is 5.80. The first-order valence-electron chi connectivity index (χ1n) is 3.24. The van der Waals surface area contributed by atoms with Gasteiger partial charge in [-0.1, -0.05) is 0 Å². The molecule has 1 radical (unpaired) electrons. The number of hydrogen-bond acceptors (Lipinski definition) is 3. The topological polar surface area (TPSA) is 41.6 Å². The molecule has 0 aliphatic carbocycles. The smallest absolute Gasteiger partial charge is 0.234 e. The van der Waals surface area contributed by atoms with Gasteiger partial charge in [0.1, 0.15) is 0 Å². The number of rotatable bonds is 1. The van der Waals surface area contributed by atoms with Crippen LogP contribution in [0.25, 0.3) is 0 Å². The van der Waals surface area contributed by atoms with Crippen molar-refractivity contribution in [2.45, 2.75) is 0 Å². The molecule has 0 saturated carbocycles. The highest BCUT2D eigenvalue weighted by molar-refractivity contribution is 5.79. The van der Waals surface area contributed by atoms with Crippen LogP contribution in [0.1, 0.15) is 0 Å². The predicted molar refractivity (Wildman–Crippen MR) is 35.9 cm³/mol. The van der Waals surface area contributed by atoms with Gasteiger partial charge in [0, 0.05) is 20.0 Å². The van der Waals surface area contributed by atoms with E-state index >= 15 is 0 Å². The quantitative estimate of drug-likeness (QED) is 0.521. The van der Waals surface area contributed by atoms with Crippen LogP contribution in [0.3, 0.4) is 0 Å². The molecule has 0 aromatic heterocycles. The molecule has 1 rings (SSSR count). The van der Waals surface area contributed by atoms with Crippen molar-refractivity contribution in [3.8, 4) is 0 Å². The predicted octanol–water partition coefficient (Wildman–Crippen LogP) is -0.816. The van der Waals surface area contributed by atoms with Crippen LogP contribution in [0.4, 0.5) is 0 Å². The third-order valence-electron chi connectivity index (χ3n) is 1.29. The average molecular weight is 143 g/mol. The fraction of sp³-hybridized carbons (Fsp3) is 0.667. The van der Waals surface area contributed by atoms with Crippen molar-refractivity contribution in [2.75, 3.05) is 26.3 Å². The Kier molecular flexibility index (Phi) is 2.65. The van der Waals surface area contributed by atoms with Gasteiger partial charge in [-0.3, -0.25) is 10.2 Å². The number of morpholine rings is 1. The molecule has 1 aliphatic heterocycles. The molecule has 4 nitrogen and oxygen atoms in total. The van der Waals surface area contributed by atoms with Crippen LogP contribution >= 0.6 is 0 Å². The van der Waals surface area contributed by atoms with Gasteiger partial charge in [0.25, 0.3) is 0 Å². The highest BCUT2D eigenvalue weighted by atomic mass is 16.5. The molecule has 1 saturated heterocycles. The minimum absolute atomic E-state index is 0.262. The van der Waals surface area contributed by atoms with Crippen molar-refractivity contribution in [2.24, 2.45) is 0 Å². The van der Waals surface area contributed by atoms with Gasteiger partial charge in [-0.25, -0.2) is 5.01 Å². The van der Waals surface area contributed by atoms with Gasteiger partial charge in [-0.05, 0) is 0 Å². The molecule has 10 heavy (non-hydrogen) atoms. The summed E-state index contributed by atoms with van der Waals surface area (Å²) in [5, 5.41) is 1.80. The number of nitrogens with one attached hydrogen (secondary N) is 1. The molecule has 1 N–H and O–H groups in total. The number of carbonyl (C=O) groups is 1. The highest BCUT2D eigenvalue weighted by Crippen LogP contribution is 1.91. The first-order chi connectivity index (χ1) is 4.79. The van der Waals surface area contributed by atoms with Crippen molar-refractivity contribution in [3.05, 3.63) is 6.92 Å². The Morgan fingerprint density at radius 2 is 2.10 bits per heavy atom. The average Bonchev–Trinajstić information content (AvgIpc) is 1.88. The van der Waals surface area contributed by atoms with Crippen LogP contribution in [0, 0.1) is 6.92 Å². The minimum Gasteiger partial charge on any atom is -0.379 e. The summed E-state index contributed by atoms with van der Waals surface area (Å²) in [6.07, 6.45) is 0. The lowest BCUT2D eigenvalue weighted by Crippen LogP contribution is -2.47. The van der Waals surface area contributed by atoms with Gasteiger partial charge in [0.15, 0.2) is 0 Å². The molecule has 57 valence electrons. The van der Waals surface area contributed by atoms with Crippen molar-refractivity contribution in [3.63, 3.8) is 0 Å². The van der Waals surface area contributed by atoms with E-state index in [0.717, 1.165) is 13.1 Å². The van der Waals surface area contributed by atoms with Gasteiger partial charge in [-0.2, -0.15) is 0 Å². The summed E-state index contributed by atoms with van der Waals surface area (Å²) in [6.45, 7) is 6.06. The Balaban J connectivity index is 2.19. The van der Waals surface area contributed by atoms with E-state index in [1.165, 1.54) is 0 Å². The fourth-order valence-electron chi connectivity index (χ4n) is 0.852. The lowest BCUT2D eigenvalue weighted by molar-refractivity contribution is -0.123. The molecule has 1 heterocycles. The second-order valence-corrected chi connectivity index (χ2v) is 2.13. The monoisotopic (exact) mass is 143 g/mol. The highest BCUT2D eigenvalue weighted by Gasteiger charge is 2.09. The van der Waals surface area contributed by atoms with Crippen molar-refractivity contribution >= 4 is 5.91 Å². The largest absolute Gasteiger partial charge is 0.379 e. The minimum atomic E-state index is -0.262. The van der Waals surface area contributed by atoms with E-state index in [-0.39, 0.29) is 5.91 Å². The summed E-state index contributed by atoms with van der Waals surface area (Å²) in [4.78, 5) is 10.4. The van der Waals surface area contributed by atoms with E-state index in [1.807, 2.05) is 0 Å². The van der Waals surface area contributed by atoms with Crippen molar-refractivity contribution < 1.29 is 9.53 Å². The number of ether oxygens (including phenoxy) is 1. The maximum atomic E-state index is 10.4. The fourth-order valence-corrected chi connectivity index (χ4v) is 0.852. The SMILES string of the molecule is [CH2]C(=O)NN1CCOCC1. The summed E-state index contributed by atoms with van der Waals surface area (Å²) < 4.78 is 5.07. The molecule has 0 aromatic rings. The second-order valence-electron chi connectivity index (χ2n) is 2.13. The third kappa shape index (κ3) is 2.33. The number of hydrogen-bond donors (Lipinski definition) is 1. The van der Waals surface area contributed by atoms with Crippen LogP contribution in [0.15, 0.2) is 0 Å². The van der Waals surface area contributed by atoms with Gasteiger partial charge in [0.05, 0.1) is 13.2 Å². The maximum Gasteiger partial charge on any atom is 0.234 e. The van der Waals surface area contributed by atoms with Gasteiger partial charge in [-0.15, -0.1) is 0 Å². The summed E-state index contributed by atoms with van der Waals surface area (Å²) >= 11 is 0. The first-order valence-corrected chi connectivity index (χ1v) is 3.24. The third-order valence-corrected chi connectivity index (χ3v) is 1.29. The summed E-state index contributed by atoms with van der Waals surface area (Å²) in [6, 6.07) is 0. The maximum absolute atomic E-state index is 10.4. The molecule has 1 aliphatic rings. The van der Waals surface area contributed by atoms with E-state index in [9.17, 15) is 4.79 Å². The van der Waals surface area contributed by atoms with E-state index in [4.69, 9.17) is 4.74 Å². The standard InChI is InChI=1S/C6H11N2O2/c1-6(9)7-8-2-4-10-5-3-8/h1-5H2,(H,7,9). The molecule has 0 atom stereocenters. The molecule has 0 aromatic carbocycles. The number of carbonyl (C=O) groups excluding carboxylic acids is 1. The Morgan fingerprint density at radius 1 is 1.50 bits per heavy atom. The van der Waals surface area contributed by atoms with Crippen LogP contribution in [-0.4, -0.2) is 37.2 Å². The molecule has 0 spiro atoms. The van der Waals surface area contributed by atoms with E-state index in [2.05, 4.69) is 12.3 Å². The lowest BCUT2D eigenvalue weighted by atomic mass is 10.5. The molecule has 0 bridgehead atoms. The van der Waals surface area contributed by atoms with Crippen molar-refractivity contribution in [1.29, 1.82) is 0 Å². The molecular weight excluding hydrogens is 132 g/mol. The first kappa shape index (κ1) is 7.50. The van der Waals surface area contributed by atoms with Crippen LogP contribution in [0.2, 0.25) is 0 Å². The summed E-state index contributed by atoms with van der Waals surface area (Å²) in [7, 11) is 0.